The highest BCUT2D eigenvalue weighted by Crippen LogP contribution is 2.19. The zero-order valence-electron chi connectivity index (χ0n) is 18.4. The average molecular weight is 485 g/mol. The number of rotatable bonds is 11. The van der Waals surface area contributed by atoms with Crippen molar-refractivity contribution in [3.05, 3.63) is 23.1 Å². The van der Waals surface area contributed by atoms with Crippen molar-refractivity contribution in [3.8, 4) is 0 Å². The number of hydrogen-bond acceptors (Lipinski definition) is 6. The average Bonchev–Trinajstić information content (AvgIpc) is 2.79. The molecule has 184 valence electrons. The molecule has 1 unspecified atom stereocenters. The number of carboxylic acids is 1. The predicted octanol–water partition coefficient (Wildman–Crippen LogP) is -0.999. The van der Waals surface area contributed by atoms with E-state index in [-0.39, 0.29) is 35.1 Å². The van der Waals surface area contributed by atoms with Gasteiger partial charge in [0.15, 0.2) is 5.96 Å². The van der Waals surface area contributed by atoms with E-state index in [2.05, 4.69) is 15.0 Å². The zero-order valence-corrected chi connectivity index (χ0v) is 19.2. The Morgan fingerprint density at radius 1 is 1.21 bits per heavy atom. The summed E-state index contributed by atoms with van der Waals surface area (Å²) in [5.74, 6) is -2.19. The van der Waals surface area contributed by atoms with Crippen molar-refractivity contribution in [2.75, 3.05) is 26.2 Å². The molecular formula is C20H32N6O6S. The molecule has 1 aliphatic heterocycles. The SMILES string of the molecule is NC(N)=NCCCC(=O)N1CCC(C(=O)NCC(NS(=O)(=O)C2=CCCC=C2)C(=O)O)CC1. The number of nitrogens with two attached hydrogens (primary N) is 2. The van der Waals surface area contributed by atoms with Gasteiger partial charge < -0.3 is 26.8 Å². The van der Waals surface area contributed by atoms with Crippen LogP contribution < -0.4 is 21.5 Å². The highest BCUT2D eigenvalue weighted by atomic mass is 32.2. The number of carbonyl (C=O) groups is 3. The number of aliphatic carboxylic acids is 1. The van der Waals surface area contributed by atoms with Crippen molar-refractivity contribution in [1.82, 2.24) is 14.9 Å². The smallest absolute Gasteiger partial charge is 0.323 e. The minimum atomic E-state index is -4.01. The minimum Gasteiger partial charge on any atom is -0.480 e. The van der Waals surface area contributed by atoms with Crippen LogP contribution in [0.1, 0.15) is 38.5 Å². The van der Waals surface area contributed by atoms with Crippen LogP contribution in [0.3, 0.4) is 0 Å². The third-order valence-corrected chi connectivity index (χ3v) is 6.93. The molecule has 13 heteroatoms. The number of piperidine rings is 1. The highest BCUT2D eigenvalue weighted by molar-refractivity contribution is 7.93. The maximum atomic E-state index is 12.5. The number of sulfonamides is 1. The molecule has 2 aliphatic rings. The van der Waals surface area contributed by atoms with Gasteiger partial charge in [0.2, 0.25) is 21.8 Å². The molecule has 0 saturated carbocycles. The Hall–Kier alpha value is -2.93. The molecular weight excluding hydrogens is 452 g/mol. The number of nitrogens with zero attached hydrogens (tertiary/aromatic N) is 2. The molecule has 0 bridgehead atoms. The molecule has 1 fully saturated rings. The molecule has 2 amide bonds. The second-order valence-corrected chi connectivity index (χ2v) is 9.62. The van der Waals surface area contributed by atoms with Gasteiger partial charge in [-0.05, 0) is 38.2 Å². The predicted molar refractivity (Wildman–Crippen MR) is 122 cm³/mol. The van der Waals surface area contributed by atoms with Crippen LogP contribution in [0.4, 0.5) is 0 Å². The lowest BCUT2D eigenvalue weighted by molar-refractivity contribution is -0.139. The number of carboxylic acid groups (broad SMARTS) is 1. The van der Waals surface area contributed by atoms with Gasteiger partial charge in [0.05, 0.1) is 4.91 Å². The van der Waals surface area contributed by atoms with Gasteiger partial charge in [-0.25, -0.2) is 8.42 Å². The third kappa shape index (κ3) is 8.50. The van der Waals surface area contributed by atoms with Crippen LogP contribution in [0, 0.1) is 5.92 Å². The number of nitrogens with one attached hydrogen (secondary N) is 2. The van der Waals surface area contributed by atoms with E-state index in [0.29, 0.717) is 51.7 Å². The summed E-state index contributed by atoms with van der Waals surface area (Å²) in [6.45, 7) is 0.812. The van der Waals surface area contributed by atoms with Gasteiger partial charge in [0.25, 0.3) is 0 Å². The summed E-state index contributed by atoms with van der Waals surface area (Å²) in [6.07, 6.45) is 7.63. The van der Waals surface area contributed by atoms with Crippen molar-refractivity contribution in [2.45, 2.75) is 44.6 Å². The van der Waals surface area contributed by atoms with E-state index in [1.807, 2.05) is 0 Å². The van der Waals surface area contributed by atoms with Crippen molar-refractivity contribution in [1.29, 1.82) is 0 Å². The molecule has 1 atom stereocenters. The standard InChI is InChI=1S/C20H32N6O6S/c21-20(22)23-10-4-7-17(27)26-11-8-14(9-12-26)18(28)24-13-16(19(29)30)25-33(31,32)15-5-2-1-3-6-15/h2,5-6,14,16,25H,1,3-4,7-13H2,(H,24,28)(H,29,30)(H4,21,22,23). The first-order valence-electron chi connectivity index (χ1n) is 10.8. The van der Waals surface area contributed by atoms with E-state index in [1.165, 1.54) is 12.2 Å². The van der Waals surface area contributed by atoms with E-state index < -0.39 is 22.0 Å². The second kappa shape index (κ2) is 12.3. The van der Waals surface area contributed by atoms with E-state index in [4.69, 9.17) is 11.5 Å². The van der Waals surface area contributed by atoms with Gasteiger partial charge in [0.1, 0.15) is 6.04 Å². The Bertz CT molecular complexity index is 917. The first kappa shape index (κ1) is 26.3. The number of carbonyl (C=O) groups excluding carboxylic acids is 2. The lowest BCUT2D eigenvalue weighted by Crippen LogP contribution is -2.50. The number of hydrogen-bond donors (Lipinski definition) is 5. The molecule has 0 aromatic carbocycles. The fourth-order valence-corrected chi connectivity index (χ4v) is 4.87. The largest absolute Gasteiger partial charge is 0.480 e. The summed E-state index contributed by atoms with van der Waals surface area (Å²) in [5, 5.41) is 11.9. The number of likely N-dealkylation sites (tertiary alicyclic amines) is 1. The Kier molecular flexibility index (Phi) is 9.85. The van der Waals surface area contributed by atoms with E-state index in [0.717, 1.165) is 6.42 Å². The van der Waals surface area contributed by atoms with Crippen LogP contribution >= 0.6 is 0 Å². The topological polar surface area (TPSA) is 197 Å². The molecule has 0 radical (unpaired) electrons. The summed E-state index contributed by atoms with van der Waals surface area (Å²) in [7, 11) is -4.01. The fraction of sp³-hybridized carbons (Fsp3) is 0.600. The van der Waals surface area contributed by atoms with Crippen LogP contribution in [0.5, 0.6) is 0 Å². The molecule has 1 heterocycles. The molecule has 1 saturated heterocycles. The van der Waals surface area contributed by atoms with E-state index in [1.54, 1.807) is 11.0 Å². The molecule has 0 aromatic rings. The maximum Gasteiger partial charge on any atom is 0.323 e. The van der Waals surface area contributed by atoms with Crippen molar-refractivity contribution < 1.29 is 27.9 Å². The van der Waals surface area contributed by atoms with Crippen molar-refractivity contribution in [3.63, 3.8) is 0 Å². The van der Waals surface area contributed by atoms with Gasteiger partial charge >= 0.3 is 5.97 Å². The summed E-state index contributed by atoms with van der Waals surface area (Å²) in [6, 6.07) is -1.50. The van der Waals surface area contributed by atoms with Crippen LogP contribution in [0.2, 0.25) is 0 Å². The van der Waals surface area contributed by atoms with Crippen molar-refractivity contribution in [2.24, 2.45) is 22.4 Å². The molecule has 1 aliphatic carbocycles. The fourth-order valence-electron chi connectivity index (χ4n) is 3.56. The number of amides is 2. The number of aliphatic imine (C=N–C) groups is 1. The van der Waals surface area contributed by atoms with Gasteiger partial charge in [-0.1, -0.05) is 12.2 Å². The summed E-state index contributed by atoms with van der Waals surface area (Å²) in [4.78, 5) is 41.8. The zero-order chi connectivity index (χ0) is 24.4. The molecule has 0 spiro atoms. The molecule has 12 nitrogen and oxygen atoms in total. The van der Waals surface area contributed by atoms with Gasteiger partial charge in [-0.2, -0.15) is 4.72 Å². The number of guanidine groups is 1. The summed E-state index contributed by atoms with van der Waals surface area (Å²) < 4.78 is 27.0. The molecule has 2 rings (SSSR count). The molecule has 33 heavy (non-hydrogen) atoms. The highest BCUT2D eigenvalue weighted by Gasteiger charge is 2.30. The van der Waals surface area contributed by atoms with Crippen LogP contribution in [-0.4, -0.2) is 74.4 Å². The van der Waals surface area contributed by atoms with Crippen LogP contribution in [0.15, 0.2) is 28.1 Å². The Balaban J connectivity index is 1.79. The number of allylic oxidation sites excluding steroid dienone is 3. The van der Waals surface area contributed by atoms with E-state index >= 15 is 0 Å². The van der Waals surface area contributed by atoms with Crippen molar-refractivity contribution >= 4 is 33.8 Å². The first-order chi connectivity index (χ1) is 15.6. The Morgan fingerprint density at radius 3 is 2.48 bits per heavy atom. The first-order valence-corrected chi connectivity index (χ1v) is 12.3. The molecule has 7 N–H and O–H groups in total. The summed E-state index contributed by atoms with van der Waals surface area (Å²) >= 11 is 0. The van der Waals surface area contributed by atoms with E-state index in [9.17, 15) is 27.9 Å². The second-order valence-electron chi connectivity index (χ2n) is 7.91. The quantitative estimate of drug-likeness (QED) is 0.140. The summed E-state index contributed by atoms with van der Waals surface area (Å²) in [5.41, 5.74) is 10.5. The van der Waals surface area contributed by atoms with Gasteiger partial charge in [-0.15, -0.1) is 0 Å². The lowest BCUT2D eigenvalue weighted by atomic mass is 9.95. The lowest BCUT2D eigenvalue weighted by Gasteiger charge is -2.31. The van der Waals surface area contributed by atoms with Crippen LogP contribution in [0.25, 0.3) is 0 Å². The van der Waals surface area contributed by atoms with Gasteiger partial charge in [-0.3, -0.25) is 19.4 Å². The normalized spacial score (nSPS) is 17.7. The Morgan fingerprint density at radius 2 is 1.91 bits per heavy atom. The van der Waals surface area contributed by atoms with Crippen LogP contribution in [-0.2, 0) is 24.4 Å². The van der Waals surface area contributed by atoms with Gasteiger partial charge in [0, 0.05) is 38.5 Å². The third-order valence-electron chi connectivity index (χ3n) is 5.41. The molecule has 0 aromatic heterocycles. The Labute approximate surface area is 193 Å². The maximum absolute atomic E-state index is 12.5. The minimum absolute atomic E-state index is 0.0154. The monoisotopic (exact) mass is 484 g/mol.